The van der Waals surface area contributed by atoms with Gasteiger partial charge in [-0.1, -0.05) is 0 Å². The average Bonchev–Trinajstić information content (AvgIpc) is 3.59. The fraction of sp³-hybridized carbons (Fsp3) is 0.185. The summed E-state index contributed by atoms with van der Waals surface area (Å²) in [5.74, 6) is 1.70. The van der Waals surface area contributed by atoms with E-state index < -0.39 is 7.14 Å². The highest BCUT2D eigenvalue weighted by Gasteiger charge is 2.23. The van der Waals surface area contributed by atoms with Gasteiger partial charge in [-0.15, -0.1) is 0 Å². The maximum Gasteiger partial charge on any atom is 0.290 e. The van der Waals surface area contributed by atoms with Crippen molar-refractivity contribution in [1.82, 2.24) is 29.7 Å². The highest BCUT2D eigenvalue weighted by Crippen LogP contribution is 2.42. The average molecular weight is 637 g/mol. The summed E-state index contributed by atoms with van der Waals surface area (Å²) in [5.41, 5.74) is 5.88. The minimum Gasteiger partial charge on any atom is -0.491 e. The third-order valence-corrected chi connectivity index (χ3v) is 8.33. The number of ether oxygens (including phenoxy) is 1. The van der Waals surface area contributed by atoms with Gasteiger partial charge in [-0.25, -0.2) is 4.98 Å². The fourth-order valence-electron chi connectivity index (χ4n) is 4.57. The number of carboxylic acid groups (broad SMARTS) is 1. The summed E-state index contributed by atoms with van der Waals surface area (Å²) >= 11 is 3.55. The lowest BCUT2D eigenvalue weighted by Crippen LogP contribution is -2.14. The summed E-state index contributed by atoms with van der Waals surface area (Å²) < 4.78 is 21.7. The van der Waals surface area contributed by atoms with Gasteiger partial charge in [0.1, 0.15) is 24.2 Å². The minimum absolute atomic E-state index is 0.250. The van der Waals surface area contributed by atoms with Crippen molar-refractivity contribution in [3.05, 3.63) is 65.3 Å². The van der Waals surface area contributed by atoms with Crippen LogP contribution in [0.4, 0.5) is 23.1 Å². The van der Waals surface area contributed by atoms with Crippen LogP contribution in [-0.4, -0.2) is 61.2 Å². The van der Waals surface area contributed by atoms with Crippen LogP contribution in [0.3, 0.4) is 0 Å². The van der Waals surface area contributed by atoms with E-state index in [1.807, 2.05) is 37.6 Å². The number of fused-ring (bicyclic) bond motifs is 2. The molecule has 0 radical (unpaired) electrons. The Kier molecular flexibility index (Phi) is 8.00. The van der Waals surface area contributed by atoms with Gasteiger partial charge < -0.3 is 25.0 Å². The molecule has 210 valence electrons. The predicted octanol–water partition coefficient (Wildman–Crippen LogP) is 4.95. The van der Waals surface area contributed by atoms with Gasteiger partial charge >= 0.3 is 0 Å². The Hall–Kier alpha value is -4.35. The molecule has 0 saturated carbocycles. The number of nitrogens with one attached hydrogen (secondary N) is 2. The van der Waals surface area contributed by atoms with Crippen LogP contribution in [-0.2, 0) is 22.8 Å². The van der Waals surface area contributed by atoms with E-state index in [1.165, 1.54) is 0 Å². The first-order valence-electron chi connectivity index (χ1n) is 12.4. The topological polar surface area (TPSA) is 157 Å². The van der Waals surface area contributed by atoms with Crippen molar-refractivity contribution < 1.29 is 19.2 Å². The van der Waals surface area contributed by atoms with E-state index in [0.29, 0.717) is 44.9 Å². The summed E-state index contributed by atoms with van der Waals surface area (Å²) in [6.45, 7) is 3.81. The summed E-state index contributed by atoms with van der Waals surface area (Å²) in [5, 5.41) is 18.5. The molecule has 0 spiro atoms. The molecule has 2 aromatic carbocycles. The Balaban J connectivity index is 0.00000108. The zero-order valence-corrected chi connectivity index (χ0v) is 24.8. The van der Waals surface area contributed by atoms with Crippen LogP contribution in [0.1, 0.15) is 5.56 Å². The highest BCUT2D eigenvalue weighted by atomic mass is 79.9. The summed E-state index contributed by atoms with van der Waals surface area (Å²) in [4.78, 5) is 26.4. The van der Waals surface area contributed by atoms with Gasteiger partial charge in [-0.05, 0) is 59.1 Å². The van der Waals surface area contributed by atoms with Crippen LogP contribution in [0, 0.1) is 0 Å². The van der Waals surface area contributed by atoms with Crippen LogP contribution in [0.5, 0.6) is 5.75 Å². The Morgan fingerprint density at radius 1 is 1.07 bits per heavy atom. The molecular weight excluding hydrogens is 611 g/mol. The number of halogens is 1. The van der Waals surface area contributed by atoms with Crippen molar-refractivity contribution in [2.75, 3.05) is 30.6 Å². The molecule has 0 atom stereocenters. The molecule has 0 saturated heterocycles. The molecule has 0 fully saturated rings. The molecule has 0 aliphatic carbocycles. The molecule has 6 rings (SSSR count). The third-order valence-electron chi connectivity index (χ3n) is 6.22. The lowest BCUT2D eigenvalue weighted by Gasteiger charge is -2.18. The molecular formula is C27H26BrN8O4P. The van der Waals surface area contributed by atoms with Crippen LogP contribution >= 0.6 is 23.1 Å². The maximum atomic E-state index is 13.3. The predicted molar refractivity (Wildman–Crippen MR) is 161 cm³/mol. The summed E-state index contributed by atoms with van der Waals surface area (Å²) in [6.07, 6.45) is 9.54. The molecule has 0 unspecified atom stereocenters. The molecule has 0 amide bonds. The van der Waals surface area contributed by atoms with Gasteiger partial charge in [0.05, 0.1) is 39.5 Å². The molecule has 3 aromatic heterocycles. The van der Waals surface area contributed by atoms with Crippen LogP contribution in [0.15, 0.2) is 59.7 Å². The monoisotopic (exact) mass is 636 g/mol. The number of benzene rings is 2. The van der Waals surface area contributed by atoms with Gasteiger partial charge in [0.25, 0.3) is 6.47 Å². The van der Waals surface area contributed by atoms with E-state index in [9.17, 15) is 4.57 Å². The van der Waals surface area contributed by atoms with Crippen molar-refractivity contribution in [2.45, 2.75) is 6.42 Å². The number of carbonyl (C=O) groups is 1. The standard InChI is InChI=1S/C26H24BrN8O2P.CH2O2/c1-35-14-17(12-31-35)16-10-15-6-9-37-23(15)21(11-16)33-26-30-13-18(27)25(34-26)32-20-5-4-19-22(29-8-7-28-19)24(20)38(2,3)36;2-1-3/h4-5,7-8,10-14H,6,9H2,1-3H3,(H2,30,32,33,34);1H,(H,2,3). The van der Waals surface area contributed by atoms with E-state index >= 15 is 0 Å². The second-order valence-corrected chi connectivity index (χ2v) is 13.5. The Morgan fingerprint density at radius 3 is 2.59 bits per heavy atom. The molecule has 5 aromatic rings. The number of hydrogen-bond acceptors (Lipinski definition) is 10. The molecule has 1 aliphatic rings. The lowest BCUT2D eigenvalue weighted by molar-refractivity contribution is -0.122. The largest absolute Gasteiger partial charge is 0.491 e. The normalized spacial score (nSPS) is 12.2. The van der Waals surface area contributed by atoms with Crippen LogP contribution in [0.25, 0.3) is 22.2 Å². The highest BCUT2D eigenvalue weighted by molar-refractivity contribution is 9.10. The number of aryl methyl sites for hydroxylation is 1. The second-order valence-electron chi connectivity index (χ2n) is 9.50. The third kappa shape index (κ3) is 6.06. The summed E-state index contributed by atoms with van der Waals surface area (Å²) in [7, 11) is -0.829. The van der Waals surface area contributed by atoms with E-state index in [4.69, 9.17) is 19.6 Å². The first-order valence-corrected chi connectivity index (χ1v) is 15.8. The fourth-order valence-corrected chi connectivity index (χ4v) is 6.25. The zero-order valence-electron chi connectivity index (χ0n) is 22.4. The van der Waals surface area contributed by atoms with Gasteiger partial charge in [-0.2, -0.15) is 10.1 Å². The number of rotatable bonds is 6. The number of aromatic nitrogens is 6. The Morgan fingerprint density at radius 2 is 1.85 bits per heavy atom. The molecule has 4 heterocycles. The smallest absolute Gasteiger partial charge is 0.290 e. The minimum atomic E-state index is -2.73. The van der Waals surface area contributed by atoms with Gasteiger partial charge in [0.2, 0.25) is 5.95 Å². The van der Waals surface area contributed by atoms with Crippen LogP contribution < -0.4 is 20.7 Å². The van der Waals surface area contributed by atoms with Crippen molar-refractivity contribution in [3.63, 3.8) is 0 Å². The van der Waals surface area contributed by atoms with Crippen molar-refractivity contribution in [1.29, 1.82) is 0 Å². The first kappa shape index (κ1) is 28.2. The molecule has 12 nitrogen and oxygen atoms in total. The molecule has 1 aliphatic heterocycles. The number of anilines is 4. The van der Waals surface area contributed by atoms with Crippen molar-refractivity contribution in [2.24, 2.45) is 7.05 Å². The zero-order chi connectivity index (χ0) is 29.1. The van der Waals surface area contributed by atoms with Gasteiger partial charge in [0, 0.05) is 49.4 Å². The molecule has 0 bridgehead atoms. The van der Waals surface area contributed by atoms with E-state index in [0.717, 1.165) is 34.5 Å². The van der Waals surface area contributed by atoms with Crippen LogP contribution in [0.2, 0.25) is 0 Å². The van der Waals surface area contributed by atoms with E-state index in [1.54, 1.807) is 36.6 Å². The summed E-state index contributed by atoms with van der Waals surface area (Å²) in [6, 6.07) is 7.86. The number of nitrogens with zero attached hydrogens (tertiary/aromatic N) is 6. The lowest BCUT2D eigenvalue weighted by atomic mass is 10.0. The van der Waals surface area contributed by atoms with Crippen molar-refractivity contribution >= 4 is 69.0 Å². The first-order chi connectivity index (χ1) is 19.7. The Labute approximate surface area is 243 Å². The molecule has 41 heavy (non-hydrogen) atoms. The Bertz CT molecular complexity index is 1810. The van der Waals surface area contributed by atoms with E-state index in [-0.39, 0.29) is 6.47 Å². The quantitative estimate of drug-likeness (QED) is 0.171. The SMILES string of the molecule is Cn1cc(-c2cc3c(c(Nc4ncc(Br)c(Nc5ccc6nccnc6c5P(C)(C)=O)n4)c2)OCC3)cn1.O=CO. The van der Waals surface area contributed by atoms with Crippen molar-refractivity contribution in [3.8, 4) is 16.9 Å². The van der Waals surface area contributed by atoms with Gasteiger partial charge in [0.15, 0.2) is 0 Å². The number of hydrogen-bond donors (Lipinski definition) is 3. The second kappa shape index (κ2) is 11.6. The maximum absolute atomic E-state index is 13.3. The molecule has 14 heteroatoms. The van der Waals surface area contributed by atoms with Gasteiger partial charge in [-0.3, -0.25) is 19.4 Å². The molecule has 3 N–H and O–H groups in total. The van der Waals surface area contributed by atoms with E-state index in [2.05, 4.69) is 52.7 Å².